The molecule has 25 heavy (non-hydrogen) atoms. The molecule has 4 rings (SSSR count). The SMILES string of the molecule is COC[C@@H]1CCCN1C(=O)c1cccc(-c2ncnc3ccsc23)c1. The lowest BCUT2D eigenvalue weighted by molar-refractivity contribution is 0.0630. The minimum atomic E-state index is 0.0675. The van der Waals surface area contributed by atoms with Crippen molar-refractivity contribution in [3.63, 3.8) is 0 Å². The molecule has 5 nitrogen and oxygen atoms in total. The Hall–Kier alpha value is -2.31. The molecule has 1 aliphatic rings. The predicted octanol–water partition coefficient (Wildman–Crippen LogP) is 3.61. The number of amides is 1. The fourth-order valence-corrected chi connectivity index (χ4v) is 4.29. The molecule has 3 aromatic rings. The second-order valence-electron chi connectivity index (χ2n) is 6.19. The smallest absolute Gasteiger partial charge is 0.254 e. The maximum Gasteiger partial charge on any atom is 0.254 e. The van der Waals surface area contributed by atoms with E-state index < -0.39 is 0 Å². The molecule has 0 spiro atoms. The Morgan fingerprint density at radius 1 is 1.36 bits per heavy atom. The van der Waals surface area contributed by atoms with Crippen LogP contribution in [0.3, 0.4) is 0 Å². The summed E-state index contributed by atoms with van der Waals surface area (Å²) in [4.78, 5) is 23.6. The molecule has 0 aliphatic carbocycles. The molecule has 1 atom stereocenters. The topological polar surface area (TPSA) is 55.3 Å². The third-order valence-corrected chi connectivity index (χ3v) is 5.53. The van der Waals surface area contributed by atoms with Gasteiger partial charge in [-0.15, -0.1) is 11.3 Å². The van der Waals surface area contributed by atoms with Gasteiger partial charge < -0.3 is 9.64 Å². The molecular formula is C19H19N3O2S. The van der Waals surface area contributed by atoms with Gasteiger partial charge in [0, 0.05) is 24.8 Å². The van der Waals surface area contributed by atoms with E-state index in [1.54, 1.807) is 24.8 Å². The molecule has 0 radical (unpaired) electrons. The van der Waals surface area contributed by atoms with Crippen molar-refractivity contribution >= 4 is 27.5 Å². The highest BCUT2D eigenvalue weighted by molar-refractivity contribution is 7.17. The lowest BCUT2D eigenvalue weighted by Gasteiger charge is -2.24. The van der Waals surface area contributed by atoms with E-state index in [1.807, 2.05) is 40.6 Å². The Morgan fingerprint density at radius 3 is 3.16 bits per heavy atom. The third kappa shape index (κ3) is 3.03. The summed E-state index contributed by atoms with van der Waals surface area (Å²) in [6, 6.07) is 9.89. The van der Waals surface area contributed by atoms with Crippen molar-refractivity contribution < 1.29 is 9.53 Å². The quantitative estimate of drug-likeness (QED) is 0.719. The summed E-state index contributed by atoms with van der Waals surface area (Å²) in [7, 11) is 1.68. The minimum absolute atomic E-state index is 0.0675. The van der Waals surface area contributed by atoms with Gasteiger partial charge in [-0.25, -0.2) is 9.97 Å². The number of carbonyl (C=O) groups is 1. The molecule has 1 saturated heterocycles. The van der Waals surface area contributed by atoms with Crippen molar-refractivity contribution in [2.24, 2.45) is 0 Å². The Morgan fingerprint density at radius 2 is 2.28 bits per heavy atom. The van der Waals surface area contributed by atoms with Crippen LogP contribution in [0.2, 0.25) is 0 Å². The number of likely N-dealkylation sites (tertiary alicyclic amines) is 1. The van der Waals surface area contributed by atoms with E-state index in [9.17, 15) is 4.79 Å². The number of fused-ring (bicyclic) bond motifs is 1. The van der Waals surface area contributed by atoms with Crippen molar-refractivity contribution in [2.75, 3.05) is 20.3 Å². The summed E-state index contributed by atoms with van der Waals surface area (Å²) < 4.78 is 6.31. The van der Waals surface area contributed by atoms with Gasteiger partial charge in [-0.05, 0) is 36.4 Å². The van der Waals surface area contributed by atoms with Crippen LogP contribution in [0.15, 0.2) is 42.0 Å². The van der Waals surface area contributed by atoms with Gasteiger partial charge in [-0.1, -0.05) is 12.1 Å². The molecular weight excluding hydrogens is 334 g/mol. The zero-order valence-electron chi connectivity index (χ0n) is 14.0. The van der Waals surface area contributed by atoms with Crippen LogP contribution >= 0.6 is 11.3 Å². The summed E-state index contributed by atoms with van der Waals surface area (Å²) in [6.07, 6.45) is 3.61. The highest BCUT2D eigenvalue weighted by Gasteiger charge is 2.29. The Bertz CT molecular complexity index is 908. The predicted molar refractivity (Wildman–Crippen MR) is 98.8 cm³/mol. The highest BCUT2D eigenvalue weighted by atomic mass is 32.1. The van der Waals surface area contributed by atoms with Crippen LogP contribution in [-0.4, -0.2) is 47.1 Å². The molecule has 1 amide bonds. The van der Waals surface area contributed by atoms with Crippen LogP contribution in [0, 0.1) is 0 Å². The van der Waals surface area contributed by atoms with Gasteiger partial charge in [0.2, 0.25) is 0 Å². The molecule has 2 aromatic heterocycles. The molecule has 1 fully saturated rings. The second kappa shape index (κ2) is 6.90. The molecule has 128 valence electrons. The number of hydrogen-bond donors (Lipinski definition) is 0. The van der Waals surface area contributed by atoms with E-state index in [1.165, 1.54) is 0 Å². The van der Waals surface area contributed by atoms with E-state index in [2.05, 4.69) is 9.97 Å². The van der Waals surface area contributed by atoms with Crippen molar-refractivity contribution in [1.82, 2.24) is 14.9 Å². The normalized spacial score (nSPS) is 17.3. The number of carbonyl (C=O) groups excluding carboxylic acids is 1. The van der Waals surface area contributed by atoms with Crippen LogP contribution in [0.25, 0.3) is 21.5 Å². The van der Waals surface area contributed by atoms with Gasteiger partial charge in [-0.3, -0.25) is 4.79 Å². The number of thiophene rings is 1. The number of methoxy groups -OCH3 is 1. The third-order valence-electron chi connectivity index (χ3n) is 4.62. The number of hydrogen-bond acceptors (Lipinski definition) is 5. The van der Waals surface area contributed by atoms with Crippen LogP contribution in [0.1, 0.15) is 23.2 Å². The summed E-state index contributed by atoms with van der Waals surface area (Å²) >= 11 is 1.62. The largest absolute Gasteiger partial charge is 0.383 e. The fourth-order valence-electron chi connectivity index (χ4n) is 3.43. The van der Waals surface area contributed by atoms with Gasteiger partial charge in [-0.2, -0.15) is 0 Å². The molecule has 1 aromatic carbocycles. The highest BCUT2D eigenvalue weighted by Crippen LogP contribution is 2.30. The van der Waals surface area contributed by atoms with Gasteiger partial charge in [0.25, 0.3) is 5.91 Å². The first-order valence-electron chi connectivity index (χ1n) is 8.36. The zero-order valence-corrected chi connectivity index (χ0v) is 14.8. The van der Waals surface area contributed by atoms with Crippen molar-refractivity contribution in [2.45, 2.75) is 18.9 Å². The molecule has 3 heterocycles. The molecule has 0 unspecified atom stereocenters. The lowest BCUT2D eigenvalue weighted by atomic mass is 10.1. The van der Waals surface area contributed by atoms with Gasteiger partial charge in [0.1, 0.15) is 6.33 Å². The van der Waals surface area contributed by atoms with Gasteiger partial charge in [0.05, 0.1) is 28.6 Å². The van der Waals surface area contributed by atoms with Crippen molar-refractivity contribution in [3.05, 3.63) is 47.6 Å². The molecule has 1 aliphatic heterocycles. The number of aromatic nitrogens is 2. The number of ether oxygens (including phenoxy) is 1. The number of benzene rings is 1. The average molecular weight is 353 g/mol. The first-order valence-corrected chi connectivity index (χ1v) is 9.24. The molecule has 0 saturated carbocycles. The van der Waals surface area contributed by atoms with Gasteiger partial charge in [0.15, 0.2) is 0 Å². The maximum absolute atomic E-state index is 13.0. The standard InChI is InChI=1S/C19H19N3O2S/c1-24-11-15-6-3-8-22(15)19(23)14-5-2-4-13(10-14)17-18-16(7-9-25-18)20-12-21-17/h2,4-5,7,9-10,12,15H,3,6,8,11H2,1H3/t15-/m0/s1. The monoisotopic (exact) mass is 353 g/mol. The van der Waals surface area contributed by atoms with E-state index in [-0.39, 0.29) is 11.9 Å². The van der Waals surface area contributed by atoms with E-state index >= 15 is 0 Å². The van der Waals surface area contributed by atoms with Crippen molar-refractivity contribution in [3.8, 4) is 11.3 Å². The first-order chi connectivity index (χ1) is 12.3. The summed E-state index contributed by atoms with van der Waals surface area (Å²) in [5.74, 6) is 0.0675. The van der Waals surface area contributed by atoms with Crippen molar-refractivity contribution in [1.29, 1.82) is 0 Å². The molecule has 6 heteroatoms. The summed E-state index contributed by atoms with van der Waals surface area (Å²) in [5.41, 5.74) is 3.46. The van der Waals surface area contributed by atoms with Crippen LogP contribution in [0.4, 0.5) is 0 Å². The second-order valence-corrected chi connectivity index (χ2v) is 7.10. The van der Waals surface area contributed by atoms with E-state index in [0.717, 1.165) is 40.9 Å². The maximum atomic E-state index is 13.0. The lowest BCUT2D eigenvalue weighted by Crippen LogP contribution is -2.38. The van der Waals surface area contributed by atoms with E-state index in [0.29, 0.717) is 12.2 Å². The summed E-state index contributed by atoms with van der Waals surface area (Å²) in [5, 5.41) is 2.01. The van der Waals surface area contributed by atoms with Crippen LogP contribution in [-0.2, 0) is 4.74 Å². The fraction of sp³-hybridized carbons (Fsp3) is 0.316. The summed E-state index contributed by atoms with van der Waals surface area (Å²) in [6.45, 7) is 1.38. The minimum Gasteiger partial charge on any atom is -0.383 e. The Kier molecular flexibility index (Phi) is 4.46. The molecule has 0 bridgehead atoms. The molecule has 0 N–H and O–H groups in total. The van der Waals surface area contributed by atoms with Crippen LogP contribution in [0.5, 0.6) is 0 Å². The Labute approximate surface area is 150 Å². The first kappa shape index (κ1) is 16.2. The average Bonchev–Trinajstić information content (AvgIpc) is 3.30. The Balaban J connectivity index is 1.68. The van der Waals surface area contributed by atoms with Gasteiger partial charge >= 0.3 is 0 Å². The number of rotatable bonds is 4. The number of nitrogens with zero attached hydrogens (tertiary/aromatic N) is 3. The van der Waals surface area contributed by atoms with E-state index in [4.69, 9.17) is 4.74 Å². The zero-order chi connectivity index (χ0) is 17.2. The van der Waals surface area contributed by atoms with Crippen LogP contribution < -0.4 is 0 Å².